The zero-order chi connectivity index (χ0) is 41.7. The summed E-state index contributed by atoms with van der Waals surface area (Å²) in [5.74, 6) is 0.429. The third kappa shape index (κ3) is 7.06. The predicted molar refractivity (Wildman–Crippen MR) is 216 cm³/mol. The fourth-order valence-corrected chi connectivity index (χ4v) is 9.59. The zero-order valence-electron chi connectivity index (χ0n) is 33.0. The summed E-state index contributed by atoms with van der Waals surface area (Å²) in [5, 5.41) is 11.5. The average Bonchev–Trinajstić information content (AvgIpc) is 3.86. The van der Waals surface area contributed by atoms with Crippen LogP contribution in [0.2, 0.25) is 0 Å². The number of piperazine rings is 1. The Balaban J connectivity index is 1.07. The van der Waals surface area contributed by atoms with E-state index in [1.165, 1.54) is 30.5 Å². The molecule has 310 valence electrons. The molecule has 5 aromatic rings. The third-order valence-electron chi connectivity index (χ3n) is 12.3. The number of phenols is 1. The second kappa shape index (κ2) is 15.8. The number of aromatic nitrogens is 3. The fourth-order valence-electron chi connectivity index (χ4n) is 9.59. The molecule has 3 aromatic carbocycles. The van der Waals surface area contributed by atoms with Gasteiger partial charge in [0.05, 0.1) is 28.6 Å². The summed E-state index contributed by atoms with van der Waals surface area (Å²) in [4.78, 5) is 46.1. The van der Waals surface area contributed by atoms with Crippen LogP contribution in [0.1, 0.15) is 69.3 Å². The van der Waals surface area contributed by atoms with E-state index in [0.29, 0.717) is 49.0 Å². The van der Waals surface area contributed by atoms with Crippen molar-refractivity contribution in [3.63, 3.8) is 0 Å². The van der Waals surface area contributed by atoms with Gasteiger partial charge in [0, 0.05) is 55.2 Å². The lowest BCUT2D eigenvalue weighted by atomic mass is 9.95. The lowest BCUT2D eigenvalue weighted by Gasteiger charge is -2.41. The minimum absolute atomic E-state index is 0.0688. The Kier molecular flexibility index (Phi) is 10.4. The number of carbonyl (C=O) groups is 2. The molecular formula is C45H43F3N6O6. The van der Waals surface area contributed by atoms with Crippen LogP contribution in [-0.2, 0) is 14.3 Å². The van der Waals surface area contributed by atoms with Crippen molar-refractivity contribution in [2.75, 3.05) is 37.7 Å². The zero-order valence-corrected chi connectivity index (χ0v) is 33.0. The first-order valence-electron chi connectivity index (χ1n) is 20.3. The molecule has 6 heterocycles. The number of terminal acetylenes is 1. The lowest BCUT2D eigenvalue weighted by Crippen LogP contribution is -2.56. The highest BCUT2D eigenvalue weighted by molar-refractivity contribution is 6.03. The molecule has 9 rings (SSSR count). The molecule has 2 aromatic heterocycles. The Hall–Kier alpha value is -6.14. The van der Waals surface area contributed by atoms with Crippen LogP contribution in [0.5, 0.6) is 11.8 Å². The molecule has 0 radical (unpaired) electrons. The number of esters is 1. The third-order valence-corrected chi connectivity index (χ3v) is 12.3. The molecule has 0 spiro atoms. The molecule has 0 saturated carbocycles. The minimum Gasteiger partial charge on any atom is -0.508 e. The Labute approximate surface area is 344 Å². The number of aromatic hydroxyl groups is 1. The maximum Gasteiger partial charge on any atom is 0.413 e. The number of hydrogen-bond acceptors (Lipinski definition) is 11. The van der Waals surface area contributed by atoms with Gasteiger partial charge in [0.1, 0.15) is 41.4 Å². The summed E-state index contributed by atoms with van der Waals surface area (Å²) in [5.41, 5.74) is -0.421. The van der Waals surface area contributed by atoms with Gasteiger partial charge in [-0.15, -0.1) is 6.42 Å². The van der Waals surface area contributed by atoms with Gasteiger partial charge in [-0.05, 0) is 62.2 Å². The number of benzene rings is 3. The van der Waals surface area contributed by atoms with Crippen LogP contribution in [-0.4, -0.2) is 98.5 Å². The van der Waals surface area contributed by atoms with Crippen LogP contribution in [0, 0.1) is 24.0 Å². The largest absolute Gasteiger partial charge is 0.508 e. The molecule has 2 bridgehead atoms. The number of ether oxygens (including phenoxy) is 3. The van der Waals surface area contributed by atoms with Gasteiger partial charge >= 0.3 is 18.1 Å². The lowest BCUT2D eigenvalue weighted by molar-refractivity contribution is -0.171. The van der Waals surface area contributed by atoms with Crippen LogP contribution in [0.25, 0.3) is 32.9 Å². The van der Waals surface area contributed by atoms with Crippen molar-refractivity contribution in [1.29, 1.82) is 0 Å². The highest BCUT2D eigenvalue weighted by atomic mass is 19.1. The van der Waals surface area contributed by atoms with Crippen LogP contribution in [0.15, 0.2) is 60.8 Å². The molecule has 1 amide bonds. The van der Waals surface area contributed by atoms with E-state index in [1.54, 1.807) is 29.2 Å². The molecule has 4 aliphatic rings. The van der Waals surface area contributed by atoms with Crippen LogP contribution in [0.3, 0.4) is 0 Å². The number of pyridine rings is 1. The van der Waals surface area contributed by atoms with Crippen molar-refractivity contribution in [3.8, 4) is 35.4 Å². The van der Waals surface area contributed by atoms with Crippen LogP contribution >= 0.6 is 0 Å². The number of alkyl halides is 1. The summed E-state index contributed by atoms with van der Waals surface area (Å²) < 4.78 is 64.8. The standard InChI is InChI=1S/C45H43F3N6O6/c1-3-9-36(56)59-42(26-10-6-5-7-11-26)60-44(57)54-29-13-14-30(54)24-52(23-29)41-34-21-49-39(33-19-31(55)18-27-12-15-35(47)32(4-2)37(27)33)38(48)40(34)50-43(51-41)58-25-45-16-8-17-53(45)22-28(46)20-45/h2,5-7,10-12,15,18-19,21,28-30,42,55H,3,8-9,13-14,16-17,20,22-25H2,1H3/t28-,29?,30?,42?,45+/m1/s1. The van der Waals surface area contributed by atoms with E-state index < -0.39 is 41.7 Å². The molecule has 5 atom stereocenters. The van der Waals surface area contributed by atoms with Gasteiger partial charge in [0.25, 0.3) is 6.29 Å². The SMILES string of the molecule is C#Cc1c(F)ccc2cc(O)cc(-c3ncc4c(N5CC6CCC(C5)N6C(=O)OC(OC(=O)CCC)c5ccccc5)nc(OC[C@@]56CCCN5C[C@H](F)C6)nc4c3F)c12. The number of fused-ring (bicyclic) bond motifs is 5. The monoisotopic (exact) mass is 820 g/mol. The topological polar surface area (TPSA) is 130 Å². The van der Waals surface area contributed by atoms with Gasteiger partial charge in [-0.3, -0.25) is 19.6 Å². The van der Waals surface area contributed by atoms with E-state index in [0.717, 1.165) is 19.4 Å². The van der Waals surface area contributed by atoms with Gasteiger partial charge in [-0.25, -0.2) is 18.0 Å². The Bertz CT molecular complexity index is 2530. The van der Waals surface area contributed by atoms with Gasteiger partial charge < -0.3 is 24.2 Å². The Morgan fingerprint density at radius 1 is 1.05 bits per heavy atom. The van der Waals surface area contributed by atoms with Crippen LogP contribution < -0.4 is 9.64 Å². The molecule has 4 fully saturated rings. The van der Waals surface area contributed by atoms with Gasteiger partial charge in [-0.1, -0.05) is 49.2 Å². The molecule has 4 aliphatic heterocycles. The highest BCUT2D eigenvalue weighted by Gasteiger charge is 2.50. The van der Waals surface area contributed by atoms with E-state index >= 15 is 8.78 Å². The van der Waals surface area contributed by atoms with Crippen molar-refractivity contribution in [2.24, 2.45) is 0 Å². The Morgan fingerprint density at radius 2 is 1.83 bits per heavy atom. The first-order valence-corrected chi connectivity index (χ1v) is 20.3. The van der Waals surface area contributed by atoms with E-state index in [2.05, 4.69) is 20.8 Å². The maximum absolute atomic E-state index is 17.2. The van der Waals surface area contributed by atoms with Gasteiger partial charge in [0.15, 0.2) is 5.82 Å². The van der Waals surface area contributed by atoms with Gasteiger partial charge in [0.2, 0.25) is 0 Å². The number of carbonyl (C=O) groups excluding carboxylic acids is 2. The summed E-state index contributed by atoms with van der Waals surface area (Å²) in [6.45, 7) is 3.59. The van der Waals surface area contributed by atoms with Crippen molar-refractivity contribution >= 4 is 39.6 Å². The highest BCUT2D eigenvalue weighted by Crippen LogP contribution is 2.43. The number of hydrogen-bond donors (Lipinski definition) is 1. The normalized spacial score (nSPS) is 22.8. The number of anilines is 1. The number of nitrogens with zero attached hydrogens (tertiary/aromatic N) is 6. The Morgan fingerprint density at radius 3 is 2.58 bits per heavy atom. The molecule has 1 N–H and O–H groups in total. The molecule has 60 heavy (non-hydrogen) atoms. The predicted octanol–water partition coefficient (Wildman–Crippen LogP) is 7.60. The van der Waals surface area contributed by atoms with Crippen molar-refractivity contribution < 1.29 is 42.1 Å². The number of amides is 1. The van der Waals surface area contributed by atoms with E-state index in [4.69, 9.17) is 25.6 Å². The van der Waals surface area contributed by atoms with E-state index in [9.17, 15) is 19.1 Å². The summed E-state index contributed by atoms with van der Waals surface area (Å²) in [6, 6.07) is 13.3. The number of rotatable bonds is 10. The molecule has 0 aliphatic carbocycles. The minimum atomic E-state index is -1.23. The summed E-state index contributed by atoms with van der Waals surface area (Å²) in [7, 11) is 0. The molecule has 4 saturated heterocycles. The van der Waals surface area contributed by atoms with E-state index in [1.807, 2.05) is 17.9 Å². The second-order valence-corrected chi connectivity index (χ2v) is 16.1. The first kappa shape index (κ1) is 39.3. The molecule has 15 heteroatoms. The number of halogens is 3. The number of phenolic OH excluding ortho intramolecular Hbond substituents is 1. The molecular weight excluding hydrogens is 778 g/mol. The molecule has 12 nitrogen and oxygen atoms in total. The van der Waals surface area contributed by atoms with Crippen molar-refractivity contribution in [2.45, 2.75) is 82.0 Å². The quantitative estimate of drug-likeness (QED) is 0.0850. The first-order chi connectivity index (χ1) is 29.1. The smallest absolute Gasteiger partial charge is 0.413 e. The summed E-state index contributed by atoms with van der Waals surface area (Å²) >= 11 is 0. The average molecular weight is 821 g/mol. The summed E-state index contributed by atoms with van der Waals surface area (Å²) in [6.07, 6.45) is 8.27. The maximum atomic E-state index is 17.2. The molecule has 3 unspecified atom stereocenters. The van der Waals surface area contributed by atoms with Crippen molar-refractivity contribution in [1.82, 2.24) is 24.8 Å². The van der Waals surface area contributed by atoms with E-state index in [-0.39, 0.29) is 83.1 Å². The second-order valence-electron chi connectivity index (χ2n) is 16.1. The van der Waals surface area contributed by atoms with Gasteiger partial charge in [-0.2, -0.15) is 9.97 Å². The van der Waals surface area contributed by atoms with Crippen LogP contribution in [0.4, 0.5) is 23.8 Å². The van der Waals surface area contributed by atoms with Crippen molar-refractivity contribution in [3.05, 3.63) is 83.6 Å². The fraction of sp³-hybridized carbons (Fsp3) is 0.400.